The zero-order valence-electron chi connectivity index (χ0n) is 7.67. The van der Waals surface area contributed by atoms with Crippen LogP contribution in [-0.4, -0.2) is 4.98 Å². The quantitative estimate of drug-likeness (QED) is 0.867. The molecule has 2 N–H and O–H groups in total. The van der Waals surface area contributed by atoms with E-state index < -0.39 is 12.1 Å². The normalized spacial score (nSPS) is 10.4. The molecule has 0 aliphatic carbocycles. The zero-order valence-corrected chi connectivity index (χ0v) is 8.43. The second kappa shape index (κ2) is 5.01. The van der Waals surface area contributed by atoms with Crippen LogP contribution in [-0.2, 0) is 13.0 Å². The molecule has 1 aromatic heterocycles. The Labute approximate surface area is 90.5 Å². The first-order valence-corrected chi connectivity index (χ1v) is 4.51. The van der Waals surface area contributed by atoms with E-state index in [0.717, 1.165) is 6.07 Å². The highest BCUT2D eigenvalue weighted by molar-refractivity contribution is 6.31. The number of pyridine rings is 1. The van der Waals surface area contributed by atoms with Gasteiger partial charge in [-0.05, 0) is 6.07 Å². The summed E-state index contributed by atoms with van der Waals surface area (Å²) in [4.78, 5) is 3.66. The van der Waals surface area contributed by atoms with E-state index in [4.69, 9.17) is 22.6 Å². The van der Waals surface area contributed by atoms with E-state index in [1.165, 1.54) is 0 Å². The molecular formula is C9H8ClF2N3. The summed E-state index contributed by atoms with van der Waals surface area (Å²) in [5, 5.41) is 8.63. The molecule has 1 heterocycles. The lowest BCUT2D eigenvalue weighted by molar-refractivity contribution is 0.146. The summed E-state index contributed by atoms with van der Waals surface area (Å²) in [7, 11) is 0. The fourth-order valence-electron chi connectivity index (χ4n) is 1.16. The predicted octanol–water partition coefficient (Wildman–Crippen LogP) is 2.20. The largest absolute Gasteiger partial charge is 0.325 e. The smallest absolute Gasteiger partial charge is 0.280 e. The number of hydrogen-bond donors (Lipinski definition) is 1. The first-order chi connectivity index (χ1) is 7.10. The van der Waals surface area contributed by atoms with Gasteiger partial charge < -0.3 is 5.73 Å². The molecule has 0 fully saturated rings. The van der Waals surface area contributed by atoms with Crippen LogP contribution >= 0.6 is 11.6 Å². The number of halogens is 3. The van der Waals surface area contributed by atoms with E-state index in [-0.39, 0.29) is 23.7 Å². The molecule has 0 amide bonds. The van der Waals surface area contributed by atoms with E-state index in [2.05, 4.69) is 4.98 Å². The predicted molar refractivity (Wildman–Crippen MR) is 51.4 cm³/mol. The van der Waals surface area contributed by atoms with Gasteiger partial charge in [0.1, 0.15) is 5.69 Å². The molecule has 0 aliphatic rings. The molecule has 0 aliphatic heterocycles. The maximum Gasteiger partial charge on any atom is 0.280 e. The minimum absolute atomic E-state index is 0.0158. The van der Waals surface area contributed by atoms with Gasteiger partial charge in [-0.15, -0.1) is 0 Å². The van der Waals surface area contributed by atoms with Gasteiger partial charge in [-0.3, -0.25) is 4.98 Å². The van der Waals surface area contributed by atoms with Gasteiger partial charge in [0.15, 0.2) is 0 Å². The molecule has 0 bridgehead atoms. The topological polar surface area (TPSA) is 62.7 Å². The van der Waals surface area contributed by atoms with Crippen LogP contribution in [0.1, 0.15) is 23.4 Å². The van der Waals surface area contributed by atoms with Crippen molar-refractivity contribution in [3.63, 3.8) is 0 Å². The second-order valence-electron chi connectivity index (χ2n) is 2.79. The van der Waals surface area contributed by atoms with Gasteiger partial charge in [0.25, 0.3) is 6.43 Å². The van der Waals surface area contributed by atoms with E-state index in [1.54, 1.807) is 0 Å². The summed E-state index contributed by atoms with van der Waals surface area (Å²) >= 11 is 5.76. The van der Waals surface area contributed by atoms with Crippen LogP contribution in [0.5, 0.6) is 0 Å². The van der Waals surface area contributed by atoms with Crippen molar-refractivity contribution in [1.29, 1.82) is 5.26 Å². The Hall–Kier alpha value is -1.25. The van der Waals surface area contributed by atoms with Gasteiger partial charge in [-0.2, -0.15) is 5.26 Å². The van der Waals surface area contributed by atoms with Gasteiger partial charge in [0.05, 0.1) is 18.2 Å². The third kappa shape index (κ3) is 2.61. The lowest BCUT2D eigenvalue weighted by Gasteiger charge is -2.08. The van der Waals surface area contributed by atoms with Crippen molar-refractivity contribution >= 4 is 11.6 Å². The first-order valence-electron chi connectivity index (χ1n) is 4.13. The highest BCUT2D eigenvalue weighted by Gasteiger charge is 2.15. The van der Waals surface area contributed by atoms with E-state index in [1.807, 2.05) is 6.07 Å². The molecule has 0 spiro atoms. The molecule has 0 aromatic carbocycles. The fraction of sp³-hybridized carbons (Fsp3) is 0.333. The Morgan fingerprint density at radius 3 is 2.73 bits per heavy atom. The van der Waals surface area contributed by atoms with Gasteiger partial charge in [-0.25, -0.2) is 8.78 Å². The highest BCUT2D eigenvalue weighted by atomic mass is 35.5. The number of nitriles is 1. The lowest BCUT2D eigenvalue weighted by atomic mass is 10.1. The average Bonchev–Trinajstić information content (AvgIpc) is 2.20. The van der Waals surface area contributed by atoms with Gasteiger partial charge in [-0.1, -0.05) is 11.6 Å². The Kier molecular flexibility index (Phi) is 3.95. The van der Waals surface area contributed by atoms with E-state index in [9.17, 15) is 8.78 Å². The number of aromatic nitrogens is 1. The standard InChI is InChI=1S/C9H8ClF2N3/c10-6-3-7(9(11)12)15-8(4-14)5(6)1-2-13/h3,9H,1,4,14H2. The molecule has 1 aromatic rings. The number of hydrogen-bond acceptors (Lipinski definition) is 3. The van der Waals surface area contributed by atoms with Crippen molar-refractivity contribution in [2.45, 2.75) is 19.4 Å². The SMILES string of the molecule is N#CCc1c(Cl)cc(C(F)F)nc1CN. The van der Waals surface area contributed by atoms with Gasteiger partial charge >= 0.3 is 0 Å². The number of rotatable bonds is 3. The maximum atomic E-state index is 12.4. The number of nitrogens with zero attached hydrogens (tertiary/aromatic N) is 2. The van der Waals surface area contributed by atoms with E-state index in [0.29, 0.717) is 5.56 Å². The van der Waals surface area contributed by atoms with Crippen molar-refractivity contribution in [3.8, 4) is 6.07 Å². The van der Waals surface area contributed by atoms with Crippen molar-refractivity contribution in [2.24, 2.45) is 5.73 Å². The Balaban J connectivity index is 3.25. The van der Waals surface area contributed by atoms with Crippen LogP contribution in [0.3, 0.4) is 0 Å². The second-order valence-corrected chi connectivity index (χ2v) is 3.20. The van der Waals surface area contributed by atoms with Crippen molar-refractivity contribution < 1.29 is 8.78 Å². The van der Waals surface area contributed by atoms with Crippen LogP contribution in [0.2, 0.25) is 5.02 Å². The van der Waals surface area contributed by atoms with Crippen molar-refractivity contribution in [3.05, 3.63) is 28.0 Å². The van der Waals surface area contributed by atoms with Crippen LogP contribution in [0.4, 0.5) is 8.78 Å². The zero-order chi connectivity index (χ0) is 11.4. The molecule has 1 rings (SSSR count). The van der Waals surface area contributed by atoms with Crippen LogP contribution in [0, 0.1) is 11.3 Å². The lowest BCUT2D eigenvalue weighted by Crippen LogP contribution is -2.07. The molecule has 3 nitrogen and oxygen atoms in total. The Morgan fingerprint density at radius 2 is 2.27 bits per heavy atom. The van der Waals surface area contributed by atoms with Crippen LogP contribution < -0.4 is 5.73 Å². The van der Waals surface area contributed by atoms with Crippen molar-refractivity contribution in [1.82, 2.24) is 4.98 Å². The van der Waals surface area contributed by atoms with Gasteiger partial charge in [0.2, 0.25) is 0 Å². The summed E-state index contributed by atoms with van der Waals surface area (Å²) < 4.78 is 24.7. The van der Waals surface area contributed by atoms with Crippen LogP contribution in [0.25, 0.3) is 0 Å². The molecule has 6 heteroatoms. The van der Waals surface area contributed by atoms with Crippen molar-refractivity contribution in [2.75, 3.05) is 0 Å². The average molecular weight is 232 g/mol. The molecule has 80 valence electrons. The first kappa shape index (κ1) is 11.8. The maximum absolute atomic E-state index is 12.4. The monoisotopic (exact) mass is 231 g/mol. The summed E-state index contributed by atoms with van der Waals surface area (Å²) in [5.41, 5.74) is 5.60. The summed E-state index contributed by atoms with van der Waals surface area (Å²) in [6, 6.07) is 2.95. The van der Waals surface area contributed by atoms with Gasteiger partial charge in [0, 0.05) is 17.1 Å². The fourth-order valence-corrected chi connectivity index (χ4v) is 1.44. The number of nitrogens with two attached hydrogens (primary N) is 1. The van der Waals surface area contributed by atoms with E-state index >= 15 is 0 Å². The molecule has 0 atom stereocenters. The molecular weight excluding hydrogens is 224 g/mol. The summed E-state index contributed by atoms with van der Waals surface area (Å²) in [6.45, 7) is -0.0166. The Bertz CT molecular complexity index is 401. The Morgan fingerprint density at radius 1 is 1.60 bits per heavy atom. The molecule has 0 saturated carbocycles. The number of alkyl halides is 2. The molecule has 0 radical (unpaired) electrons. The van der Waals surface area contributed by atoms with Crippen LogP contribution in [0.15, 0.2) is 6.07 Å². The third-order valence-corrected chi connectivity index (χ3v) is 2.19. The highest BCUT2D eigenvalue weighted by Crippen LogP contribution is 2.25. The third-order valence-electron chi connectivity index (χ3n) is 1.85. The summed E-state index contributed by atoms with van der Waals surface area (Å²) in [6.07, 6.45) is -2.68. The minimum atomic E-state index is -2.69. The molecule has 0 unspecified atom stereocenters. The summed E-state index contributed by atoms with van der Waals surface area (Å²) in [5.74, 6) is 0. The minimum Gasteiger partial charge on any atom is -0.325 e. The molecule has 15 heavy (non-hydrogen) atoms. The molecule has 0 saturated heterocycles.